The third-order valence-corrected chi connectivity index (χ3v) is 6.83. The lowest BCUT2D eigenvalue weighted by molar-refractivity contribution is -0.110. The van der Waals surface area contributed by atoms with Gasteiger partial charge in [0, 0.05) is 48.5 Å². The summed E-state index contributed by atoms with van der Waals surface area (Å²) in [6.45, 7) is 8.88. The summed E-state index contributed by atoms with van der Waals surface area (Å²) >= 11 is 0. The molecular formula is C28H34FN5O4. The molecule has 0 aliphatic heterocycles. The third kappa shape index (κ3) is 5.38. The van der Waals surface area contributed by atoms with E-state index in [9.17, 15) is 14.4 Å². The number of carbonyl (C=O) groups is 1. The lowest BCUT2D eigenvalue weighted by atomic mass is 9.84. The van der Waals surface area contributed by atoms with Crippen molar-refractivity contribution in [3.05, 3.63) is 53.7 Å². The molecule has 0 amide bonds. The minimum absolute atomic E-state index is 0.0218. The lowest BCUT2D eigenvalue weighted by Gasteiger charge is -2.23. The van der Waals surface area contributed by atoms with E-state index in [1.54, 1.807) is 13.3 Å². The van der Waals surface area contributed by atoms with Crippen molar-refractivity contribution in [2.24, 2.45) is 5.41 Å². The molecule has 0 spiro atoms. The van der Waals surface area contributed by atoms with E-state index in [1.165, 1.54) is 5.54 Å². The minimum atomic E-state index is -1.05. The molecule has 3 heterocycles. The van der Waals surface area contributed by atoms with Gasteiger partial charge in [0.1, 0.15) is 12.3 Å². The van der Waals surface area contributed by atoms with Crippen LogP contribution in [0.1, 0.15) is 50.9 Å². The maximum Gasteiger partial charge on any atom is 0.229 e. The second kappa shape index (κ2) is 11.5. The molecule has 0 saturated carbocycles. The highest BCUT2D eigenvalue weighted by molar-refractivity contribution is 5.94. The van der Waals surface area contributed by atoms with Gasteiger partial charge in [-0.25, -0.2) is 0 Å². The van der Waals surface area contributed by atoms with E-state index in [4.69, 9.17) is 9.26 Å². The number of aliphatic hydroxyl groups excluding tert-OH is 1. The number of halogens is 1. The highest BCUT2D eigenvalue weighted by Crippen LogP contribution is 2.41. The van der Waals surface area contributed by atoms with Crippen molar-refractivity contribution in [1.29, 1.82) is 0 Å². The number of nitrogens with one attached hydrogen (secondary N) is 1. The number of rotatable bonds is 12. The van der Waals surface area contributed by atoms with Crippen LogP contribution in [0.25, 0.3) is 33.5 Å². The number of fused-ring (bicyclic) bond motifs is 1. The fourth-order valence-corrected chi connectivity index (χ4v) is 4.72. The van der Waals surface area contributed by atoms with Crippen molar-refractivity contribution < 1.29 is 23.6 Å². The molecule has 0 bridgehead atoms. The van der Waals surface area contributed by atoms with Gasteiger partial charge in [-0.15, -0.1) is 10.0 Å². The van der Waals surface area contributed by atoms with Gasteiger partial charge in [-0.3, -0.25) is 4.98 Å². The Hall–Kier alpha value is -3.47. The van der Waals surface area contributed by atoms with Gasteiger partial charge < -0.3 is 23.7 Å². The summed E-state index contributed by atoms with van der Waals surface area (Å²) in [5.74, 6) is 0.503. The molecule has 0 radical (unpaired) electrons. The van der Waals surface area contributed by atoms with Crippen LogP contribution in [0.5, 0.6) is 0 Å². The number of nitrogens with zero attached hydrogens (tertiary/aromatic N) is 4. The Morgan fingerprint density at radius 2 is 2.11 bits per heavy atom. The molecule has 4 rings (SSSR count). The average Bonchev–Trinajstić information content (AvgIpc) is 3.53. The van der Waals surface area contributed by atoms with E-state index in [1.807, 2.05) is 45.0 Å². The predicted octanol–water partition coefficient (Wildman–Crippen LogP) is 4.63. The zero-order valence-electron chi connectivity index (χ0n) is 22.4. The zero-order chi connectivity index (χ0) is 27.4. The first-order valence-electron chi connectivity index (χ1n) is 12.6. The largest absolute Gasteiger partial charge is 0.396 e. The van der Waals surface area contributed by atoms with Crippen LogP contribution in [0.15, 0.2) is 41.1 Å². The van der Waals surface area contributed by atoms with Crippen molar-refractivity contribution >= 4 is 17.2 Å². The van der Waals surface area contributed by atoms with Crippen molar-refractivity contribution in [2.75, 3.05) is 13.7 Å². The number of aldehydes is 1. The van der Waals surface area contributed by atoms with Gasteiger partial charge in [0.2, 0.25) is 11.7 Å². The number of aryl methyl sites for hydroxylation is 1. The van der Waals surface area contributed by atoms with E-state index in [0.717, 1.165) is 45.5 Å². The van der Waals surface area contributed by atoms with Crippen LogP contribution in [-0.4, -0.2) is 50.8 Å². The standard InChI is InChI=1S/C28H34FN5O4/c1-6-34-23-10-9-18(27-31-24(38-33-27)13-19(15-35)32-29)12-21(23)22(14-28(3,4)16-36)26(34)20-8-7-11-30-25(20)17(2)37-5/h7-12,15,17,19,32,36H,6,13-14,16H2,1-5H3. The lowest BCUT2D eigenvalue weighted by Crippen LogP contribution is -2.25. The van der Waals surface area contributed by atoms with Crippen LogP contribution in [0.4, 0.5) is 4.48 Å². The summed E-state index contributed by atoms with van der Waals surface area (Å²) in [5.41, 5.74) is 6.72. The molecule has 202 valence electrons. The Bertz CT molecular complexity index is 1410. The monoisotopic (exact) mass is 523 g/mol. The average molecular weight is 524 g/mol. The van der Waals surface area contributed by atoms with E-state index < -0.39 is 6.04 Å². The van der Waals surface area contributed by atoms with E-state index in [2.05, 4.69) is 32.7 Å². The maximum absolute atomic E-state index is 12.8. The number of aliphatic hydroxyl groups is 1. The topological polar surface area (TPSA) is 115 Å². The molecule has 4 aromatic rings. The minimum Gasteiger partial charge on any atom is -0.396 e. The van der Waals surface area contributed by atoms with Gasteiger partial charge in [0.15, 0.2) is 0 Å². The third-order valence-electron chi connectivity index (χ3n) is 6.83. The van der Waals surface area contributed by atoms with E-state index in [0.29, 0.717) is 18.5 Å². The maximum atomic E-state index is 12.8. The summed E-state index contributed by atoms with van der Waals surface area (Å²) in [7, 11) is 1.67. The van der Waals surface area contributed by atoms with Gasteiger partial charge in [0.05, 0.1) is 23.9 Å². The SMILES string of the molecule is CCn1c(-c2cccnc2C(C)OC)c(CC(C)(C)CO)c2cc(-c3noc(CC(C=O)NF)n3)ccc21. The molecule has 10 heteroatoms. The van der Waals surface area contributed by atoms with Gasteiger partial charge in [-0.1, -0.05) is 19.0 Å². The Balaban J connectivity index is 1.93. The normalized spacial score (nSPS) is 13.7. The number of pyridine rings is 1. The summed E-state index contributed by atoms with van der Waals surface area (Å²) in [5, 5.41) is 15.2. The Morgan fingerprint density at radius 3 is 2.76 bits per heavy atom. The number of methoxy groups -OCH3 is 1. The molecule has 3 aromatic heterocycles. The summed E-state index contributed by atoms with van der Waals surface area (Å²) in [6, 6.07) is 8.88. The van der Waals surface area contributed by atoms with Crippen LogP contribution in [0, 0.1) is 5.41 Å². The van der Waals surface area contributed by atoms with Gasteiger partial charge in [-0.05, 0) is 61.6 Å². The fraction of sp³-hybridized carbons (Fsp3) is 0.429. The number of hydrogen-bond acceptors (Lipinski definition) is 8. The van der Waals surface area contributed by atoms with Gasteiger partial charge >= 0.3 is 0 Å². The second-order valence-electron chi connectivity index (χ2n) is 10.2. The molecule has 0 fully saturated rings. The van der Waals surface area contributed by atoms with Crippen LogP contribution in [0.3, 0.4) is 0 Å². The van der Waals surface area contributed by atoms with Crippen LogP contribution in [0.2, 0.25) is 0 Å². The number of benzene rings is 1. The summed E-state index contributed by atoms with van der Waals surface area (Å²) in [4.78, 5) is 20.0. The molecule has 38 heavy (non-hydrogen) atoms. The number of aromatic nitrogens is 4. The van der Waals surface area contributed by atoms with E-state index in [-0.39, 0.29) is 30.4 Å². The molecule has 2 unspecified atom stereocenters. The highest BCUT2D eigenvalue weighted by atomic mass is 19.2. The molecular weight excluding hydrogens is 489 g/mol. The summed E-state index contributed by atoms with van der Waals surface area (Å²) < 4.78 is 25.9. The number of ether oxygens (including phenoxy) is 1. The van der Waals surface area contributed by atoms with Crippen LogP contribution in [-0.2, 0) is 28.9 Å². The summed E-state index contributed by atoms with van der Waals surface area (Å²) in [6.07, 6.45) is 2.57. The molecule has 0 aliphatic carbocycles. The van der Waals surface area contributed by atoms with Crippen molar-refractivity contribution in [3.8, 4) is 22.6 Å². The first-order chi connectivity index (χ1) is 18.3. The molecule has 2 N–H and O–H groups in total. The second-order valence-corrected chi connectivity index (χ2v) is 10.2. The molecule has 1 aromatic carbocycles. The molecule has 2 atom stereocenters. The molecule has 0 saturated heterocycles. The smallest absolute Gasteiger partial charge is 0.229 e. The Kier molecular flexibility index (Phi) is 8.35. The van der Waals surface area contributed by atoms with Gasteiger partial charge in [-0.2, -0.15) is 4.98 Å². The first-order valence-corrected chi connectivity index (χ1v) is 12.6. The van der Waals surface area contributed by atoms with Gasteiger partial charge in [0.25, 0.3) is 0 Å². The number of hydrogen-bond donors (Lipinski definition) is 2. The first kappa shape index (κ1) is 27.6. The fourth-order valence-electron chi connectivity index (χ4n) is 4.72. The molecule has 0 aliphatic rings. The van der Waals surface area contributed by atoms with Crippen molar-refractivity contribution in [3.63, 3.8) is 0 Å². The quantitative estimate of drug-likeness (QED) is 0.204. The van der Waals surface area contributed by atoms with Crippen molar-refractivity contribution in [2.45, 2.75) is 59.2 Å². The zero-order valence-corrected chi connectivity index (χ0v) is 22.4. The van der Waals surface area contributed by atoms with E-state index >= 15 is 0 Å². The van der Waals surface area contributed by atoms with Crippen LogP contribution < -0.4 is 5.54 Å². The molecule has 9 nitrogen and oxygen atoms in total. The van der Waals surface area contributed by atoms with Crippen molar-refractivity contribution in [1.82, 2.24) is 25.2 Å². The predicted molar refractivity (Wildman–Crippen MR) is 142 cm³/mol. The van der Waals surface area contributed by atoms with Crippen LogP contribution >= 0.6 is 0 Å². The Morgan fingerprint density at radius 1 is 1.32 bits per heavy atom. The Labute approximate surface area is 221 Å². The number of carbonyl (C=O) groups excluding carboxylic acids is 1. The highest BCUT2D eigenvalue weighted by Gasteiger charge is 2.28.